The lowest BCUT2D eigenvalue weighted by atomic mass is 10.0. The second-order valence-corrected chi connectivity index (χ2v) is 8.18. The topological polar surface area (TPSA) is 59.1 Å². The summed E-state index contributed by atoms with van der Waals surface area (Å²) in [6, 6.07) is 18.5. The van der Waals surface area contributed by atoms with Crippen LogP contribution in [0.1, 0.15) is 5.56 Å². The zero-order chi connectivity index (χ0) is 17.0. The van der Waals surface area contributed by atoms with E-state index in [1.165, 1.54) is 6.26 Å². The number of benzene rings is 2. The van der Waals surface area contributed by atoms with Gasteiger partial charge in [0.25, 0.3) is 0 Å². The maximum atomic E-state index is 11.1. The lowest BCUT2D eigenvalue weighted by Crippen LogP contribution is -2.21. The minimum atomic E-state index is -2.92. The molecule has 0 fully saturated rings. The Bertz CT molecular complexity index is 952. The van der Waals surface area contributed by atoms with Crippen molar-refractivity contribution < 1.29 is 8.42 Å². The summed E-state index contributed by atoms with van der Waals surface area (Å²) < 4.78 is 22.3. The molecule has 0 aliphatic heterocycles. The fourth-order valence-corrected chi connectivity index (χ4v) is 3.11. The van der Waals surface area contributed by atoms with Crippen LogP contribution in [0.3, 0.4) is 0 Å². The van der Waals surface area contributed by atoms with Gasteiger partial charge in [0.15, 0.2) is 0 Å². The standard InChI is InChI=1S/C19H20N2O2S/c1-24(22,23)11-10-20-14-15-4-2-5-17(12-15)18-8-7-16-6-3-9-21-19(16)13-18/h2-9,12-13,20H,10-11,14H2,1H3. The molecular formula is C19H20N2O2S. The van der Waals surface area contributed by atoms with E-state index >= 15 is 0 Å². The number of pyridine rings is 1. The smallest absolute Gasteiger partial charge is 0.148 e. The monoisotopic (exact) mass is 340 g/mol. The Morgan fingerprint density at radius 2 is 1.83 bits per heavy atom. The van der Waals surface area contributed by atoms with E-state index in [0.717, 1.165) is 27.6 Å². The normalized spacial score (nSPS) is 11.7. The van der Waals surface area contributed by atoms with Crippen LogP contribution >= 0.6 is 0 Å². The molecule has 0 unspecified atom stereocenters. The lowest BCUT2D eigenvalue weighted by molar-refractivity contribution is 0.596. The summed E-state index contributed by atoms with van der Waals surface area (Å²) in [5, 5.41) is 4.30. The molecule has 124 valence electrons. The number of nitrogens with zero attached hydrogens (tertiary/aromatic N) is 1. The minimum absolute atomic E-state index is 0.156. The van der Waals surface area contributed by atoms with Gasteiger partial charge >= 0.3 is 0 Å². The summed E-state index contributed by atoms with van der Waals surface area (Å²) in [5.74, 6) is 0.156. The van der Waals surface area contributed by atoms with Crippen molar-refractivity contribution in [1.82, 2.24) is 10.3 Å². The number of hydrogen-bond acceptors (Lipinski definition) is 4. The fraction of sp³-hybridized carbons (Fsp3) is 0.211. The molecule has 0 bridgehead atoms. The van der Waals surface area contributed by atoms with Crippen molar-refractivity contribution in [2.24, 2.45) is 0 Å². The van der Waals surface area contributed by atoms with E-state index in [0.29, 0.717) is 13.1 Å². The van der Waals surface area contributed by atoms with Crippen LogP contribution in [0, 0.1) is 0 Å². The molecule has 0 aliphatic carbocycles. The number of rotatable bonds is 6. The van der Waals surface area contributed by atoms with E-state index in [1.807, 2.05) is 24.3 Å². The van der Waals surface area contributed by atoms with Crippen LogP contribution in [0.15, 0.2) is 60.8 Å². The molecule has 5 heteroatoms. The average Bonchev–Trinajstić information content (AvgIpc) is 2.58. The van der Waals surface area contributed by atoms with Gasteiger partial charge in [-0.1, -0.05) is 36.4 Å². The van der Waals surface area contributed by atoms with Crippen molar-refractivity contribution in [3.8, 4) is 11.1 Å². The largest absolute Gasteiger partial charge is 0.312 e. The van der Waals surface area contributed by atoms with Gasteiger partial charge in [0.2, 0.25) is 0 Å². The minimum Gasteiger partial charge on any atom is -0.312 e. The van der Waals surface area contributed by atoms with Crippen molar-refractivity contribution in [1.29, 1.82) is 0 Å². The van der Waals surface area contributed by atoms with Gasteiger partial charge in [-0.05, 0) is 34.9 Å². The molecule has 0 radical (unpaired) electrons. The third kappa shape index (κ3) is 4.40. The highest BCUT2D eigenvalue weighted by Crippen LogP contribution is 2.24. The van der Waals surface area contributed by atoms with Crippen LogP contribution in [0.5, 0.6) is 0 Å². The van der Waals surface area contributed by atoms with E-state index in [1.54, 1.807) is 6.20 Å². The first-order chi connectivity index (χ1) is 11.5. The Labute approximate surface area is 142 Å². The molecule has 2 aromatic carbocycles. The Balaban J connectivity index is 1.74. The van der Waals surface area contributed by atoms with Crippen molar-refractivity contribution in [3.63, 3.8) is 0 Å². The molecule has 0 saturated carbocycles. The quantitative estimate of drug-likeness (QED) is 0.701. The third-order valence-corrected chi connectivity index (χ3v) is 4.79. The zero-order valence-electron chi connectivity index (χ0n) is 13.6. The van der Waals surface area contributed by atoms with Gasteiger partial charge in [-0.3, -0.25) is 4.98 Å². The van der Waals surface area contributed by atoms with E-state index < -0.39 is 9.84 Å². The molecule has 0 aliphatic rings. The first kappa shape index (κ1) is 16.6. The molecule has 1 aromatic heterocycles. The van der Waals surface area contributed by atoms with Crippen LogP contribution in [0.2, 0.25) is 0 Å². The highest BCUT2D eigenvalue weighted by molar-refractivity contribution is 7.90. The molecule has 0 spiro atoms. The molecule has 3 rings (SSSR count). The summed E-state index contributed by atoms with van der Waals surface area (Å²) >= 11 is 0. The first-order valence-electron chi connectivity index (χ1n) is 7.84. The zero-order valence-corrected chi connectivity index (χ0v) is 14.4. The second kappa shape index (κ2) is 7.11. The van der Waals surface area contributed by atoms with Crippen molar-refractivity contribution >= 4 is 20.7 Å². The van der Waals surface area contributed by atoms with Crippen LogP contribution in [0.25, 0.3) is 22.0 Å². The van der Waals surface area contributed by atoms with Crippen molar-refractivity contribution in [2.75, 3.05) is 18.6 Å². The Hall–Kier alpha value is -2.24. The molecule has 4 nitrogen and oxygen atoms in total. The van der Waals surface area contributed by atoms with Crippen molar-refractivity contribution in [3.05, 3.63) is 66.4 Å². The first-order valence-corrected chi connectivity index (χ1v) is 9.90. The SMILES string of the molecule is CS(=O)(=O)CCNCc1cccc(-c2ccc3cccnc3c2)c1. The molecule has 3 aromatic rings. The number of nitrogens with one attached hydrogen (secondary N) is 1. The fourth-order valence-electron chi connectivity index (χ4n) is 2.60. The van der Waals surface area contributed by atoms with Crippen molar-refractivity contribution in [2.45, 2.75) is 6.54 Å². The summed E-state index contributed by atoms with van der Waals surface area (Å²) in [6.45, 7) is 1.11. The Morgan fingerprint density at radius 3 is 2.67 bits per heavy atom. The number of aromatic nitrogens is 1. The van der Waals surface area contributed by atoms with Gasteiger partial charge in [-0.15, -0.1) is 0 Å². The lowest BCUT2D eigenvalue weighted by Gasteiger charge is -2.08. The summed E-state index contributed by atoms with van der Waals surface area (Å²) in [7, 11) is -2.92. The van der Waals surface area contributed by atoms with Crippen LogP contribution in [-0.2, 0) is 16.4 Å². The molecular weight excluding hydrogens is 320 g/mol. The molecule has 0 amide bonds. The highest BCUT2D eigenvalue weighted by atomic mass is 32.2. The van der Waals surface area contributed by atoms with E-state index in [-0.39, 0.29) is 5.75 Å². The predicted octanol–water partition coefficient (Wildman–Crippen LogP) is 3.04. The molecule has 1 N–H and O–H groups in total. The molecule has 24 heavy (non-hydrogen) atoms. The average molecular weight is 340 g/mol. The van der Waals surface area contributed by atoms with Crippen LogP contribution in [0.4, 0.5) is 0 Å². The second-order valence-electron chi connectivity index (χ2n) is 5.92. The maximum absolute atomic E-state index is 11.1. The Morgan fingerprint density at radius 1 is 1.00 bits per heavy atom. The van der Waals surface area contributed by atoms with Crippen LogP contribution < -0.4 is 5.32 Å². The predicted molar refractivity (Wildman–Crippen MR) is 98.6 cm³/mol. The van der Waals surface area contributed by atoms with Gasteiger partial charge in [0.05, 0.1) is 11.3 Å². The summed E-state index contributed by atoms with van der Waals surface area (Å²) in [5.41, 5.74) is 4.36. The number of hydrogen-bond donors (Lipinski definition) is 1. The highest BCUT2D eigenvalue weighted by Gasteiger charge is 2.03. The van der Waals surface area contributed by atoms with Gasteiger partial charge in [0.1, 0.15) is 9.84 Å². The number of fused-ring (bicyclic) bond motifs is 1. The van der Waals surface area contributed by atoms with Gasteiger partial charge in [-0.25, -0.2) is 8.42 Å². The molecule has 0 atom stereocenters. The van der Waals surface area contributed by atoms with Crippen LogP contribution in [-0.4, -0.2) is 32.0 Å². The van der Waals surface area contributed by atoms with E-state index in [4.69, 9.17) is 0 Å². The van der Waals surface area contributed by atoms with Gasteiger partial charge in [0, 0.05) is 30.9 Å². The maximum Gasteiger partial charge on any atom is 0.148 e. The summed E-state index contributed by atoms with van der Waals surface area (Å²) in [4.78, 5) is 4.40. The number of sulfone groups is 1. The van der Waals surface area contributed by atoms with E-state index in [2.05, 4.69) is 40.6 Å². The Kier molecular flexibility index (Phi) is 4.92. The van der Waals surface area contributed by atoms with Gasteiger partial charge in [-0.2, -0.15) is 0 Å². The van der Waals surface area contributed by atoms with Gasteiger partial charge < -0.3 is 5.32 Å². The summed E-state index contributed by atoms with van der Waals surface area (Å²) in [6.07, 6.45) is 3.05. The van der Waals surface area contributed by atoms with E-state index in [9.17, 15) is 8.42 Å². The molecule has 1 heterocycles. The molecule has 0 saturated heterocycles. The third-order valence-electron chi connectivity index (χ3n) is 3.84.